The molecule has 0 radical (unpaired) electrons. The van der Waals surface area contributed by atoms with E-state index in [0.717, 1.165) is 18.4 Å². The average molecular weight is 337 g/mol. The minimum Gasteiger partial charge on any atom is -0.410 e. The molecular weight excluding hydrogens is 300 g/mol. The molecule has 0 N–H and O–H groups in total. The van der Waals surface area contributed by atoms with Gasteiger partial charge in [0.2, 0.25) is 0 Å². The molecule has 23 heavy (non-hydrogen) atoms. The lowest BCUT2D eigenvalue weighted by atomic mass is 9.58. The molecule has 1 fully saturated rings. The van der Waals surface area contributed by atoms with Crippen molar-refractivity contribution in [2.45, 2.75) is 104 Å². The Bertz CT molecular complexity index is 522. The second-order valence-electron chi connectivity index (χ2n) is 9.75. The summed E-state index contributed by atoms with van der Waals surface area (Å²) in [4.78, 5) is 12.8. The molecule has 0 aliphatic heterocycles. The fraction of sp³-hybridized carbons (Fsp3) is 0.850. The molecule has 0 aromatic carbocycles. The van der Waals surface area contributed by atoms with E-state index in [9.17, 15) is 4.79 Å². The van der Waals surface area contributed by atoms with Crippen molar-refractivity contribution in [1.29, 1.82) is 0 Å². The molecule has 0 spiro atoms. The summed E-state index contributed by atoms with van der Waals surface area (Å²) < 4.78 is 7.06. The molecule has 1 atom stereocenters. The monoisotopic (exact) mass is 336 g/mol. The third kappa shape index (κ3) is 3.11. The van der Waals surface area contributed by atoms with Crippen LogP contribution in [0.2, 0.25) is 18.1 Å². The highest BCUT2D eigenvalue weighted by Gasteiger charge is 2.56. The fourth-order valence-corrected chi connectivity index (χ4v) is 5.88. The van der Waals surface area contributed by atoms with Crippen molar-refractivity contribution in [2.24, 2.45) is 5.41 Å². The van der Waals surface area contributed by atoms with E-state index in [4.69, 9.17) is 4.43 Å². The van der Waals surface area contributed by atoms with Crippen LogP contribution in [0.25, 0.3) is 0 Å². The predicted octanol–water partition coefficient (Wildman–Crippen LogP) is 6.03. The molecule has 0 aromatic heterocycles. The standard InChI is InChI=1S/C20H36O2Si/c1-15-16-12-10-9-11-13-20(14-17(15)21,19(16,5)6)22-23(7,8)18(2,3)4/h9-14H2,1-8H3. The molecule has 1 unspecified atom stereocenters. The summed E-state index contributed by atoms with van der Waals surface area (Å²) in [6.07, 6.45) is 6.30. The first-order chi connectivity index (χ1) is 10.3. The Labute approximate surface area is 144 Å². The van der Waals surface area contributed by atoms with Gasteiger partial charge in [-0.25, -0.2) is 0 Å². The number of carbonyl (C=O) groups excluding carboxylic acids is 1. The highest BCUT2D eigenvalue weighted by atomic mass is 28.4. The molecular formula is C20H36O2Si. The summed E-state index contributed by atoms with van der Waals surface area (Å²) >= 11 is 0. The number of carbonyl (C=O) groups is 1. The highest BCUT2D eigenvalue weighted by Crippen LogP contribution is 2.56. The van der Waals surface area contributed by atoms with Crippen LogP contribution in [0.5, 0.6) is 0 Å². The van der Waals surface area contributed by atoms with Gasteiger partial charge in [-0.1, -0.05) is 53.0 Å². The van der Waals surface area contributed by atoms with Gasteiger partial charge < -0.3 is 4.43 Å². The van der Waals surface area contributed by atoms with Gasteiger partial charge in [0.25, 0.3) is 0 Å². The molecule has 1 saturated carbocycles. The van der Waals surface area contributed by atoms with E-state index < -0.39 is 8.32 Å². The van der Waals surface area contributed by atoms with E-state index in [2.05, 4.69) is 47.7 Å². The highest BCUT2D eigenvalue weighted by molar-refractivity contribution is 6.74. The van der Waals surface area contributed by atoms with Crippen molar-refractivity contribution in [3.05, 3.63) is 11.1 Å². The fourth-order valence-electron chi connectivity index (χ4n) is 4.17. The van der Waals surface area contributed by atoms with Gasteiger partial charge >= 0.3 is 0 Å². The Morgan fingerprint density at radius 3 is 2.26 bits per heavy atom. The maximum atomic E-state index is 12.8. The topological polar surface area (TPSA) is 26.3 Å². The van der Waals surface area contributed by atoms with E-state index >= 15 is 0 Å². The Kier molecular flexibility index (Phi) is 4.80. The van der Waals surface area contributed by atoms with E-state index in [1.54, 1.807) is 0 Å². The van der Waals surface area contributed by atoms with Crippen molar-refractivity contribution in [3.63, 3.8) is 0 Å². The Morgan fingerprint density at radius 2 is 1.70 bits per heavy atom. The van der Waals surface area contributed by atoms with Crippen LogP contribution < -0.4 is 0 Å². The van der Waals surface area contributed by atoms with Crippen LogP contribution >= 0.6 is 0 Å². The molecule has 2 bridgehead atoms. The number of fused-ring (bicyclic) bond motifs is 2. The van der Waals surface area contributed by atoms with Gasteiger partial charge in [0.05, 0.1) is 5.60 Å². The molecule has 0 heterocycles. The first-order valence-corrected chi connectivity index (χ1v) is 12.2. The minimum atomic E-state index is -1.94. The summed E-state index contributed by atoms with van der Waals surface area (Å²) in [6.45, 7) is 18.2. The van der Waals surface area contributed by atoms with Gasteiger partial charge in [0, 0.05) is 11.8 Å². The number of rotatable bonds is 2. The molecule has 0 saturated heterocycles. The number of Topliss-reactive ketones (excluding diaryl/α,β-unsaturated/α-hetero) is 1. The average Bonchev–Trinajstić information content (AvgIpc) is 2.37. The van der Waals surface area contributed by atoms with Gasteiger partial charge in [-0.05, 0) is 49.9 Å². The summed E-state index contributed by atoms with van der Waals surface area (Å²) in [6, 6.07) is 0. The molecule has 132 valence electrons. The van der Waals surface area contributed by atoms with E-state index in [-0.39, 0.29) is 16.1 Å². The lowest BCUT2D eigenvalue weighted by Gasteiger charge is -2.56. The van der Waals surface area contributed by atoms with Crippen molar-refractivity contribution in [2.75, 3.05) is 0 Å². The van der Waals surface area contributed by atoms with E-state index in [1.165, 1.54) is 24.8 Å². The van der Waals surface area contributed by atoms with E-state index in [0.29, 0.717) is 12.2 Å². The first-order valence-electron chi connectivity index (χ1n) is 9.28. The number of hydrogen-bond acceptors (Lipinski definition) is 2. The zero-order valence-electron chi connectivity index (χ0n) is 16.6. The van der Waals surface area contributed by atoms with Crippen LogP contribution in [-0.2, 0) is 9.22 Å². The molecule has 3 heteroatoms. The Morgan fingerprint density at radius 1 is 1.09 bits per heavy atom. The van der Waals surface area contributed by atoms with Crippen LogP contribution in [0, 0.1) is 5.41 Å². The Hall–Kier alpha value is -0.413. The largest absolute Gasteiger partial charge is 0.410 e. The summed E-state index contributed by atoms with van der Waals surface area (Å²) in [7, 11) is -1.94. The minimum absolute atomic E-state index is 0.0407. The van der Waals surface area contributed by atoms with Crippen LogP contribution in [0.3, 0.4) is 0 Å². The lowest BCUT2D eigenvalue weighted by Crippen LogP contribution is -2.59. The van der Waals surface area contributed by atoms with Crippen molar-refractivity contribution in [3.8, 4) is 0 Å². The van der Waals surface area contributed by atoms with Crippen molar-refractivity contribution in [1.82, 2.24) is 0 Å². The first kappa shape index (κ1) is 18.9. The maximum Gasteiger partial charge on any atom is 0.192 e. The second-order valence-corrected chi connectivity index (χ2v) is 14.5. The van der Waals surface area contributed by atoms with Gasteiger partial charge in [-0.2, -0.15) is 0 Å². The third-order valence-corrected chi connectivity index (χ3v) is 11.5. The summed E-state index contributed by atoms with van der Waals surface area (Å²) in [5.41, 5.74) is 2.04. The van der Waals surface area contributed by atoms with Gasteiger partial charge in [-0.3, -0.25) is 4.79 Å². The summed E-state index contributed by atoms with van der Waals surface area (Å²) in [5.74, 6) is 0.319. The van der Waals surface area contributed by atoms with Gasteiger partial charge in [0.15, 0.2) is 14.1 Å². The smallest absolute Gasteiger partial charge is 0.192 e. The van der Waals surface area contributed by atoms with Crippen molar-refractivity contribution >= 4 is 14.1 Å². The van der Waals surface area contributed by atoms with Crippen LogP contribution in [0.1, 0.15) is 80.1 Å². The molecule has 2 aliphatic carbocycles. The van der Waals surface area contributed by atoms with Gasteiger partial charge in [-0.15, -0.1) is 0 Å². The van der Waals surface area contributed by atoms with Crippen LogP contribution in [0.4, 0.5) is 0 Å². The zero-order chi connectivity index (χ0) is 17.7. The van der Waals surface area contributed by atoms with Crippen LogP contribution in [-0.4, -0.2) is 19.7 Å². The molecule has 2 aliphatic rings. The second kappa shape index (κ2) is 5.84. The SMILES string of the molecule is CC1=C2CCCCCC(O[Si](C)(C)C(C)(C)C)(CC1=O)C2(C)C. The summed E-state index contributed by atoms with van der Waals surface area (Å²) in [5, 5.41) is 0.166. The molecule has 0 aromatic rings. The van der Waals surface area contributed by atoms with Crippen LogP contribution in [0.15, 0.2) is 11.1 Å². The number of ketones is 1. The van der Waals surface area contributed by atoms with Crippen molar-refractivity contribution < 1.29 is 9.22 Å². The molecule has 2 nitrogen and oxygen atoms in total. The molecule has 2 rings (SSSR count). The Balaban J connectivity index is 2.54. The zero-order valence-corrected chi connectivity index (χ0v) is 17.6. The molecule has 0 amide bonds. The van der Waals surface area contributed by atoms with E-state index in [1.807, 2.05) is 6.92 Å². The lowest BCUT2D eigenvalue weighted by molar-refractivity contribution is -0.129. The maximum absolute atomic E-state index is 12.8. The normalized spacial score (nSPS) is 29.3. The number of allylic oxidation sites excluding steroid dienone is 1. The predicted molar refractivity (Wildman–Crippen MR) is 100 cm³/mol. The third-order valence-electron chi connectivity index (χ3n) is 6.97. The quantitative estimate of drug-likeness (QED) is 0.576. The number of hydrogen-bond donors (Lipinski definition) is 0. The van der Waals surface area contributed by atoms with Gasteiger partial charge in [0.1, 0.15) is 0 Å².